The number of hydrogen-bond donors (Lipinski definition) is 3. The summed E-state index contributed by atoms with van der Waals surface area (Å²) in [4.78, 5) is 60.7. The van der Waals surface area contributed by atoms with Gasteiger partial charge in [0.2, 0.25) is 11.8 Å². The van der Waals surface area contributed by atoms with E-state index in [4.69, 9.17) is 5.11 Å². The van der Waals surface area contributed by atoms with Gasteiger partial charge in [0.1, 0.15) is 24.4 Å². The Hall–Kier alpha value is -3.82. The van der Waals surface area contributed by atoms with E-state index in [9.17, 15) is 28.4 Å². The summed E-state index contributed by atoms with van der Waals surface area (Å²) in [5.74, 6) is -3.69. The van der Waals surface area contributed by atoms with Gasteiger partial charge in [0, 0.05) is 6.20 Å². The molecule has 2 rings (SSSR count). The van der Waals surface area contributed by atoms with Crippen LogP contribution in [0.2, 0.25) is 0 Å². The lowest BCUT2D eigenvalue weighted by Crippen LogP contribution is -2.47. The lowest BCUT2D eigenvalue weighted by Gasteiger charge is -2.22. The molecule has 0 spiro atoms. The van der Waals surface area contributed by atoms with Gasteiger partial charge in [0.15, 0.2) is 5.78 Å². The smallest absolute Gasteiger partial charge is 0.305 e. The number of nitrogens with one attached hydrogen (secondary N) is 2. The summed E-state index contributed by atoms with van der Waals surface area (Å²) >= 11 is 0. The molecule has 0 saturated heterocycles. The zero-order chi connectivity index (χ0) is 24.5. The lowest BCUT2D eigenvalue weighted by atomic mass is 10.1. The number of carboxylic acid groups (broad SMARTS) is 1. The number of carbonyl (C=O) groups is 4. The fourth-order valence-corrected chi connectivity index (χ4v) is 3.34. The molecule has 0 saturated carbocycles. The molecule has 1 heterocycles. The summed E-state index contributed by atoms with van der Waals surface area (Å²) in [6, 6.07) is 7.58. The largest absolute Gasteiger partial charge is 0.481 e. The third kappa shape index (κ3) is 7.09. The first-order chi connectivity index (χ1) is 15.7. The third-order valence-electron chi connectivity index (χ3n) is 4.94. The highest BCUT2D eigenvalue weighted by atomic mass is 19.1. The van der Waals surface area contributed by atoms with E-state index >= 15 is 0 Å². The third-order valence-corrected chi connectivity index (χ3v) is 4.94. The second kappa shape index (κ2) is 11.7. The molecule has 176 valence electrons. The van der Waals surface area contributed by atoms with Gasteiger partial charge >= 0.3 is 5.97 Å². The SMILES string of the molecule is CC[C@@H](C(=O)NC(CC(=O)O)C(=O)CF)n1cccc(NC(=O)Cc2cccc(C)c2)c1=O. The number of rotatable bonds is 11. The Balaban J connectivity index is 2.21. The van der Waals surface area contributed by atoms with Crippen molar-refractivity contribution in [2.75, 3.05) is 12.0 Å². The molecular weight excluding hydrogens is 433 g/mol. The van der Waals surface area contributed by atoms with Crippen LogP contribution in [0.3, 0.4) is 0 Å². The number of carbonyl (C=O) groups excluding carboxylic acids is 3. The number of alkyl halides is 1. The van der Waals surface area contributed by atoms with E-state index in [1.54, 1.807) is 13.0 Å². The number of nitrogens with zero attached hydrogens (tertiary/aromatic N) is 1. The van der Waals surface area contributed by atoms with Crippen LogP contribution in [-0.4, -0.2) is 46.0 Å². The van der Waals surface area contributed by atoms with Crippen LogP contribution in [-0.2, 0) is 25.6 Å². The second-order valence-electron chi connectivity index (χ2n) is 7.53. The van der Waals surface area contributed by atoms with Crippen molar-refractivity contribution in [3.05, 3.63) is 64.1 Å². The van der Waals surface area contributed by atoms with E-state index in [1.165, 1.54) is 18.3 Å². The molecule has 0 radical (unpaired) electrons. The molecule has 0 aliphatic rings. The van der Waals surface area contributed by atoms with Crippen LogP contribution in [0, 0.1) is 6.92 Å². The van der Waals surface area contributed by atoms with Gasteiger partial charge in [-0.3, -0.25) is 24.0 Å². The van der Waals surface area contributed by atoms with Crippen molar-refractivity contribution in [2.45, 2.75) is 45.2 Å². The molecule has 10 heteroatoms. The zero-order valence-electron chi connectivity index (χ0n) is 18.3. The maximum atomic E-state index is 12.9. The first-order valence-corrected chi connectivity index (χ1v) is 10.3. The monoisotopic (exact) mass is 459 g/mol. The molecule has 9 nitrogen and oxygen atoms in total. The minimum Gasteiger partial charge on any atom is -0.481 e. The highest BCUT2D eigenvalue weighted by molar-refractivity contribution is 5.94. The van der Waals surface area contributed by atoms with Crippen molar-refractivity contribution < 1.29 is 28.7 Å². The summed E-state index contributed by atoms with van der Waals surface area (Å²) in [5, 5.41) is 13.7. The number of halogens is 1. The maximum absolute atomic E-state index is 12.9. The van der Waals surface area contributed by atoms with Crippen molar-refractivity contribution in [3.8, 4) is 0 Å². The van der Waals surface area contributed by atoms with Gasteiger partial charge < -0.3 is 20.3 Å². The van der Waals surface area contributed by atoms with Crippen molar-refractivity contribution in [3.63, 3.8) is 0 Å². The quantitative estimate of drug-likeness (QED) is 0.469. The molecule has 0 aliphatic heterocycles. The topological polar surface area (TPSA) is 135 Å². The Morgan fingerprint density at radius 3 is 2.48 bits per heavy atom. The van der Waals surface area contributed by atoms with Crippen LogP contribution in [0.25, 0.3) is 0 Å². The minimum atomic E-state index is -1.55. The number of carboxylic acids is 1. The number of ketones is 1. The van der Waals surface area contributed by atoms with Crippen LogP contribution < -0.4 is 16.2 Å². The number of amides is 2. The average Bonchev–Trinajstić information content (AvgIpc) is 2.75. The van der Waals surface area contributed by atoms with Crippen molar-refractivity contribution in [1.29, 1.82) is 0 Å². The summed E-state index contributed by atoms with van der Waals surface area (Å²) < 4.78 is 13.8. The second-order valence-corrected chi connectivity index (χ2v) is 7.53. The Morgan fingerprint density at radius 2 is 1.88 bits per heavy atom. The first kappa shape index (κ1) is 25.4. The minimum absolute atomic E-state index is 0.0386. The highest BCUT2D eigenvalue weighted by Gasteiger charge is 2.28. The summed E-state index contributed by atoms with van der Waals surface area (Å²) in [6.07, 6.45) is 0.732. The molecule has 0 fully saturated rings. The van der Waals surface area contributed by atoms with Crippen molar-refractivity contribution >= 4 is 29.3 Å². The number of aromatic nitrogens is 1. The molecule has 2 amide bonds. The maximum Gasteiger partial charge on any atom is 0.305 e. The van der Waals surface area contributed by atoms with Crippen molar-refractivity contribution in [2.24, 2.45) is 0 Å². The molecule has 33 heavy (non-hydrogen) atoms. The van der Waals surface area contributed by atoms with Crippen LogP contribution in [0.4, 0.5) is 10.1 Å². The van der Waals surface area contributed by atoms with E-state index in [2.05, 4.69) is 10.6 Å². The number of hydrogen-bond acceptors (Lipinski definition) is 5. The van der Waals surface area contributed by atoms with E-state index in [0.29, 0.717) is 0 Å². The summed E-state index contributed by atoms with van der Waals surface area (Å²) in [5.41, 5.74) is 1.08. The van der Waals surface area contributed by atoms with Crippen LogP contribution in [0.5, 0.6) is 0 Å². The molecule has 3 N–H and O–H groups in total. The molecule has 0 aliphatic carbocycles. The molecule has 2 atom stereocenters. The Bertz CT molecular complexity index is 1100. The average molecular weight is 459 g/mol. The number of pyridine rings is 1. The fourth-order valence-electron chi connectivity index (χ4n) is 3.34. The van der Waals surface area contributed by atoms with Gasteiger partial charge in [-0.2, -0.15) is 0 Å². The summed E-state index contributed by atoms with van der Waals surface area (Å²) in [6.45, 7) is 2.08. The Labute approximate surface area is 189 Å². The first-order valence-electron chi connectivity index (χ1n) is 10.3. The normalized spacial score (nSPS) is 12.5. The Kier molecular flexibility index (Phi) is 9.02. The fraction of sp³-hybridized carbons (Fsp3) is 0.348. The number of aryl methyl sites for hydroxylation is 1. The molecule has 1 aromatic carbocycles. The van der Waals surface area contributed by atoms with Crippen LogP contribution in [0.1, 0.15) is 36.9 Å². The highest BCUT2D eigenvalue weighted by Crippen LogP contribution is 2.13. The van der Waals surface area contributed by atoms with Gasteiger partial charge in [0.05, 0.1) is 12.8 Å². The molecular formula is C23H26FN3O6. The van der Waals surface area contributed by atoms with Gasteiger partial charge in [-0.05, 0) is 31.0 Å². The van der Waals surface area contributed by atoms with Gasteiger partial charge in [0.25, 0.3) is 5.56 Å². The van der Waals surface area contributed by atoms with Gasteiger partial charge in [-0.1, -0.05) is 36.8 Å². The standard InChI is InChI=1S/C23H26FN3O6/c1-3-18(22(32)26-17(12-21(30)31)19(28)13-24)27-9-5-8-16(23(27)33)25-20(29)11-15-7-4-6-14(2)10-15/h4-10,17-18H,3,11-13H2,1-2H3,(H,25,29)(H,26,32)(H,30,31)/t17?,18-/m0/s1. The van der Waals surface area contributed by atoms with E-state index in [1.807, 2.05) is 25.1 Å². The van der Waals surface area contributed by atoms with E-state index in [0.717, 1.165) is 15.7 Å². The van der Waals surface area contributed by atoms with Crippen LogP contribution in [0.15, 0.2) is 47.4 Å². The van der Waals surface area contributed by atoms with Crippen molar-refractivity contribution in [1.82, 2.24) is 9.88 Å². The van der Waals surface area contributed by atoms with Gasteiger partial charge in [-0.25, -0.2) is 4.39 Å². The molecule has 1 aromatic heterocycles. The number of benzene rings is 1. The summed E-state index contributed by atoms with van der Waals surface area (Å²) in [7, 11) is 0. The predicted octanol–water partition coefficient (Wildman–Crippen LogP) is 1.79. The van der Waals surface area contributed by atoms with Crippen LogP contribution >= 0.6 is 0 Å². The molecule has 2 aromatic rings. The molecule has 0 bridgehead atoms. The molecule has 1 unspecified atom stereocenters. The Morgan fingerprint density at radius 1 is 1.15 bits per heavy atom. The number of Topliss-reactive ketones (excluding diaryl/α,β-unsaturated/α-hetero) is 1. The van der Waals surface area contributed by atoms with Gasteiger partial charge in [-0.15, -0.1) is 0 Å². The van der Waals surface area contributed by atoms with E-state index < -0.39 is 54.3 Å². The predicted molar refractivity (Wildman–Crippen MR) is 119 cm³/mol. The lowest BCUT2D eigenvalue weighted by molar-refractivity contribution is -0.140. The zero-order valence-corrected chi connectivity index (χ0v) is 18.3. The van der Waals surface area contributed by atoms with E-state index in [-0.39, 0.29) is 18.5 Å². The number of anilines is 1. The number of aliphatic carboxylic acids is 1.